The zero-order valence-corrected chi connectivity index (χ0v) is 82.8. The van der Waals surface area contributed by atoms with Crippen LogP contribution in [0.4, 0.5) is 4.39 Å². The lowest BCUT2D eigenvalue weighted by atomic mass is 9.95. The number of rotatable bonds is 23. The fourth-order valence-electron chi connectivity index (χ4n) is 17.6. The van der Waals surface area contributed by atoms with E-state index >= 15 is 0 Å². The van der Waals surface area contributed by atoms with Crippen molar-refractivity contribution in [3.8, 4) is 5.75 Å². The number of aromatic nitrogens is 5. The molecule has 0 atom stereocenters. The molecule has 0 radical (unpaired) electrons. The summed E-state index contributed by atoms with van der Waals surface area (Å²) in [7, 11) is 0. The Morgan fingerprint density at radius 2 is 0.493 bits per heavy atom. The summed E-state index contributed by atoms with van der Waals surface area (Å²) in [6.07, 6.45) is 24.9. The van der Waals surface area contributed by atoms with Crippen LogP contribution in [0.3, 0.4) is 0 Å². The molecule has 0 unspecified atom stereocenters. The second kappa shape index (κ2) is 48.2. The first-order valence-electron chi connectivity index (χ1n) is 47.9. The summed E-state index contributed by atoms with van der Waals surface area (Å²) in [5, 5.41) is 10.4. The Morgan fingerprint density at radius 3 is 0.743 bits per heavy atom. The van der Waals surface area contributed by atoms with E-state index in [1.165, 1.54) is 112 Å². The molecular weight excluding hydrogens is 1760 g/mol. The van der Waals surface area contributed by atoms with Gasteiger partial charge in [-0.05, 0) is 286 Å². The normalized spacial score (nSPS) is 13.7. The van der Waals surface area contributed by atoms with Gasteiger partial charge in [0.2, 0.25) is 0 Å². The van der Waals surface area contributed by atoms with Crippen molar-refractivity contribution in [2.24, 2.45) is 48.6 Å². The number of pyridine rings is 5. The molecule has 10 aromatic carbocycles. The number of phenols is 1. The number of hydrogen-bond acceptors (Lipinski definition) is 13. The van der Waals surface area contributed by atoms with Gasteiger partial charge in [0.15, 0.2) is 0 Å². The molecule has 700 valence electrons. The number of benzene rings is 10. The molecule has 0 bridgehead atoms. The molecule has 0 fully saturated rings. The largest absolute Gasteiger partial charge is 0.508 e. The molecule has 0 aliphatic carbocycles. The maximum Gasteiger partial charge on any atom is 0.335 e. The van der Waals surface area contributed by atoms with Crippen molar-refractivity contribution in [2.75, 3.05) is 0 Å². The third kappa shape index (κ3) is 26.8. The van der Waals surface area contributed by atoms with Crippen LogP contribution in [-0.2, 0) is 37.3 Å². The Hall–Kier alpha value is -15.2. The lowest BCUT2D eigenvalue weighted by Crippen LogP contribution is -2.00. The molecule has 16 heteroatoms. The Labute approximate surface area is 832 Å². The highest BCUT2D eigenvalue weighted by atomic mass is 35.5. The summed E-state index contributed by atoms with van der Waals surface area (Å²) in [6.45, 7) is 24.3. The van der Waals surface area contributed by atoms with E-state index in [4.69, 9.17) is 45.0 Å². The third-order valence-corrected chi connectivity index (χ3v) is 24.9. The topological polar surface area (TPSA) is 181 Å². The lowest BCUT2D eigenvalue weighted by Gasteiger charge is -2.08. The van der Waals surface area contributed by atoms with Gasteiger partial charge in [-0.3, -0.25) is 49.9 Å². The van der Waals surface area contributed by atoms with Crippen molar-refractivity contribution in [1.82, 2.24) is 24.9 Å². The van der Waals surface area contributed by atoms with Gasteiger partial charge in [0.05, 0.1) is 62.7 Å². The van der Waals surface area contributed by atoms with E-state index in [1.807, 2.05) is 116 Å². The van der Waals surface area contributed by atoms with Crippen molar-refractivity contribution in [3.63, 3.8) is 0 Å². The van der Waals surface area contributed by atoms with Crippen LogP contribution < -0.4 is 0 Å². The van der Waals surface area contributed by atoms with E-state index in [9.17, 15) is 9.50 Å². The molecule has 1 N–H and O–H groups in total. The summed E-state index contributed by atoms with van der Waals surface area (Å²) in [4.78, 5) is 46.2. The van der Waals surface area contributed by atoms with Crippen molar-refractivity contribution < 1.29 is 17.9 Å². The molecule has 5 aliphatic rings. The van der Waals surface area contributed by atoms with Gasteiger partial charge in [0.25, 0.3) is 0 Å². The number of halogens is 2. The number of aryl methyl sites for hydroxylation is 3. The molecule has 20 rings (SSSR count). The number of phenolic OH excluding ortho intramolecular Hbond substituents is 1. The average Bonchev–Trinajstić information content (AvgIpc) is 1.67. The van der Waals surface area contributed by atoms with Gasteiger partial charge in [-0.15, -0.1) is 0 Å². The van der Waals surface area contributed by atoms with Crippen LogP contribution in [0.1, 0.15) is 210 Å². The first-order chi connectivity index (χ1) is 68.0. The number of aliphatic imine (C=N–C) groups is 5. The van der Waals surface area contributed by atoms with Crippen LogP contribution in [0, 0.1) is 50.3 Å². The Balaban J connectivity index is 0.000000131. The van der Waals surface area contributed by atoms with Crippen LogP contribution in [0.15, 0.2) is 390 Å². The SMILES string of the molecule is CC(C)Cc1ccc(C2=NC(c3ccc(Cl)cc3)=C(c3ccncc3)C2)cc1.CC(C)Cc1ccc(C2=NC(c3ccc(O)cc3)=C(c3ccncc3)C2)cc1.Cc1ccc(C2=C(c3ccncc3)CC(c3ccc(CC(C)C)cc3)=N2)cc1.Cc1ccc(C2=C(c3ccncc3)CC(c3ccc(CC(C)C)cc3)=N2)cc1.Cc1ccc(C2=NC(c3ccc(F)cc3)=C(c3ccccn3)C2)cc1.O=S=O. The molecular formula is C124H116ClFN10O3S. The maximum atomic E-state index is 13.3. The average molecular weight is 1880 g/mol. The number of aromatic hydroxyl groups is 1. The molecule has 5 aromatic heterocycles. The van der Waals surface area contributed by atoms with E-state index in [0.717, 1.165) is 164 Å². The van der Waals surface area contributed by atoms with E-state index in [-0.39, 0.29) is 11.6 Å². The van der Waals surface area contributed by atoms with Crippen LogP contribution in [0.5, 0.6) is 5.75 Å². The number of hydrogen-bond donors (Lipinski definition) is 1. The fourth-order valence-corrected chi connectivity index (χ4v) is 17.8. The van der Waals surface area contributed by atoms with Crippen LogP contribution in [-0.4, -0.2) is 67.0 Å². The second-order valence-corrected chi connectivity index (χ2v) is 37.9. The molecule has 13 nitrogen and oxygen atoms in total. The summed E-state index contributed by atoms with van der Waals surface area (Å²) in [6, 6.07) is 105. The predicted molar refractivity (Wildman–Crippen MR) is 579 cm³/mol. The van der Waals surface area contributed by atoms with Crippen LogP contribution in [0.25, 0.3) is 56.4 Å². The van der Waals surface area contributed by atoms with Gasteiger partial charge >= 0.3 is 11.6 Å². The zero-order valence-electron chi connectivity index (χ0n) is 81.2. The Bertz CT molecular complexity index is 6430. The number of nitrogens with zero attached hydrogens (tertiary/aromatic N) is 10. The second-order valence-electron chi connectivity index (χ2n) is 37.4. The van der Waals surface area contributed by atoms with Gasteiger partial charge < -0.3 is 5.11 Å². The van der Waals surface area contributed by atoms with E-state index in [2.05, 4.69) is 307 Å². The summed E-state index contributed by atoms with van der Waals surface area (Å²) in [5.74, 6) is 2.66. The highest BCUT2D eigenvalue weighted by Crippen LogP contribution is 2.44. The standard InChI is InChI=1S/2C26H26N2.C25H23ClN2.C25H24N2O.C22H17FN2.O2S/c2*1-18(2)16-20-6-10-22(11-7-20)25-17-24(21-12-14-27-15-13-21)26(28-25)23-8-4-19(3)5-9-23;1-17(2)15-18-3-5-20(6-4-18)24-16-23(19-11-13-27-14-12-19)25(28-24)21-7-9-22(26)10-8-21;1-17(2)15-18-3-5-20(6-4-18)24-16-23(19-11-13-26-14-12-19)25(27-24)21-7-9-22(28)10-8-21;1-15-5-7-16(8-6-15)21-14-19(20-4-2-3-13-24-20)22(25-21)17-9-11-18(23)12-10-17;1-3-2/h2*4-15,18H,16-17H2,1-3H3;3-14,17H,15-16H2,1-2H3;3-14,17,28H,15-16H2,1-2H3;2-13H,14H2,1H3;. The lowest BCUT2D eigenvalue weighted by molar-refractivity contribution is 0.475. The first kappa shape index (κ1) is 99.3. The molecule has 5 aliphatic heterocycles. The van der Waals surface area contributed by atoms with Crippen molar-refractivity contribution in [1.29, 1.82) is 0 Å². The van der Waals surface area contributed by atoms with Crippen molar-refractivity contribution >= 4 is 108 Å². The highest BCUT2D eigenvalue weighted by molar-refractivity contribution is 7.51. The summed E-state index contributed by atoms with van der Waals surface area (Å²) in [5.41, 5.74) is 42.6. The molecule has 10 heterocycles. The fraction of sp³-hybridized carbons (Fsp3) is 0.194. The van der Waals surface area contributed by atoms with Crippen molar-refractivity contribution in [2.45, 2.75) is 134 Å². The Kier molecular flexibility index (Phi) is 34.2. The van der Waals surface area contributed by atoms with E-state index in [0.29, 0.717) is 30.1 Å². The number of allylic oxidation sites excluding steroid dienone is 5. The molecule has 0 saturated heterocycles. The summed E-state index contributed by atoms with van der Waals surface area (Å²) >= 11 is 5.34. The minimum Gasteiger partial charge on any atom is -0.508 e. The molecule has 0 amide bonds. The minimum atomic E-state index is -0.750. The van der Waals surface area contributed by atoms with Crippen molar-refractivity contribution in [3.05, 3.63) is 499 Å². The first-order valence-corrected chi connectivity index (χ1v) is 48.9. The molecule has 15 aromatic rings. The van der Waals surface area contributed by atoms with Gasteiger partial charge in [-0.2, -0.15) is 8.42 Å². The van der Waals surface area contributed by atoms with Gasteiger partial charge in [0.1, 0.15) is 11.6 Å². The van der Waals surface area contributed by atoms with Gasteiger partial charge in [0, 0.05) is 126 Å². The predicted octanol–water partition coefficient (Wildman–Crippen LogP) is 29.8. The molecule has 0 spiro atoms. The zero-order chi connectivity index (χ0) is 98.0. The van der Waals surface area contributed by atoms with Gasteiger partial charge in [-0.25, -0.2) is 4.39 Å². The van der Waals surface area contributed by atoms with E-state index in [1.54, 1.807) is 30.5 Å². The van der Waals surface area contributed by atoms with E-state index < -0.39 is 11.6 Å². The van der Waals surface area contributed by atoms with Gasteiger partial charge in [-0.1, -0.05) is 272 Å². The summed E-state index contributed by atoms with van der Waals surface area (Å²) < 4.78 is 29.9. The smallest absolute Gasteiger partial charge is 0.335 e. The molecule has 0 saturated carbocycles. The van der Waals surface area contributed by atoms with Crippen LogP contribution >= 0.6 is 11.6 Å². The molecule has 140 heavy (non-hydrogen) atoms. The Morgan fingerprint density at radius 1 is 0.271 bits per heavy atom. The third-order valence-electron chi connectivity index (χ3n) is 24.6. The highest BCUT2D eigenvalue weighted by Gasteiger charge is 2.29. The maximum absolute atomic E-state index is 13.3. The monoisotopic (exact) mass is 1880 g/mol. The minimum absolute atomic E-state index is 0.246. The quantitative estimate of drug-likeness (QED) is 0.0657. The van der Waals surface area contributed by atoms with Crippen LogP contribution in [0.2, 0.25) is 5.02 Å².